The van der Waals surface area contributed by atoms with E-state index in [1.54, 1.807) is 32.6 Å². The van der Waals surface area contributed by atoms with Crippen molar-refractivity contribution >= 4 is 12.1 Å². The Bertz CT molecular complexity index is 822. The third-order valence-corrected chi connectivity index (χ3v) is 4.69. The summed E-state index contributed by atoms with van der Waals surface area (Å²) in [5, 5.41) is 4.08. The number of amides is 1. The predicted octanol–water partition coefficient (Wildman–Crippen LogP) is 3.11. The lowest BCUT2D eigenvalue weighted by Gasteiger charge is -2.17. The zero-order valence-electron chi connectivity index (χ0n) is 15.8. The quantitative estimate of drug-likeness (QED) is 0.574. The van der Waals surface area contributed by atoms with Gasteiger partial charge in [0.15, 0.2) is 11.5 Å². The summed E-state index contributed by atoms with van der Waals surface area (Å²) in [4.78, 5) is 12.5. The number of carbonyl (C=O) groups is 1. The molecular formula is C21H24N2O4. The third-order valence-electron chi connectivity index (χ3n) is 4.69. The number of nitrogens with zero attached hydrogens (tertiary/aromatic N) is 1. The summed E-state index contributed by atoms with van der Waals surface area (Å²) in [6.07, 6.45) is 2.23. The first-order chi connectivity index (χ1) is 13.1. The molecule has 0 bridgehead atoms. The molecule has 27 heavy (non-hydrogen) atoms. The number of nitrogens with one attached hydrogen (secondary N) is 1. The van der Waals surface area contributed by atoms with E-state index in [4.69, 9.17) is 14.2 Å². The second-order valence-electron chi connectivity index (χ2n) is 6.29. The van der Waals surface area contributed by atoms with Crippen molar-refractivity contribution in [2.75, 3.05) is 20.8 Å². The highest BCUT2D eigenvalue weighted by molar-refractivity contribution is 5.86. The van der Waals surface area contributed by atoms with Crippen LogP contribution in [0.4, 0.5) is 0 Å². The van der Waals surface area contributed by atoms with Crippen LogP contribution in [0.5, 0.6) is 11.5 Å². The van der Waals surface area contributed by atoms with E-state index in [0.29, 0.717) is 24.5 Å². The van der Waals surface area contributed by atoms with Crippen molar-refractivity contribution < 1.29 is 19.0 Å². The number of carbonyl (C=O) groups excluding carboxylic acids is 1. The van der Waals surface area contributed by atoms with Crippen molar-refractivity contribution in [3.8, 4) is 11.5 Å². The summed E-state index contributed by atoms with van der Waals surface area (Å²) in [5.41, 5.74) is 3.90. The van der Waals surface area contributed by atoms with Crippen LogP contribution >= 0.6 is 0 Å². The maximum atomic E-state index is 12.5. The van der Waals surface area contributed by atoms with Crippen LogP contribution < -0.4 is 14.9 Å². The Morgan fingerprint density at radius 2 is 1.93 bits per heavy atom. The number of methoxy groups -OCH3 is 2. The van der Waals surface area contributed by atoms with Gasteiger partial charge in [-0.3, -0.25) is 4.79 Å². The van der Waals surface area contributed by atoms with Gasteiger partial charge < -0.3 is 14.2 Å². The molecule has 1 saturated carbocycles. The van der Waals surface area contributed by atoms with Gasteiger partial charge in [-0.2, -0.15) is 5.10 Å². The Morgan fingerprint density at radius 1 is 1.19 bits per heavy atom. The minimum Gasteiger partial charge on any atom is -0.493 e. The Balaban J connectivity index is 1.65. The molecule has 1 amide bonds. The first kappa shape index (κ1) is 18.9. The summed E-state index contributed by atoms with van der Waals surface area (Å²) in [7, 11) is 3.16. The van der Waals surface area contributed by atoms with Gasteiger partial charge in [0.25, 0.3) is 0 Å². The molecule has 0 unspecified atom stereocenters. The molecule has 6 heteroatoms. The molecule has 1 N–H and O–H groups in total. The first-order valence-electron chi connectivity index (χ1n) is 8.89. The molecule has 1 aliphatic rings. The van der Waals surface area contributed by atoms with Crippen molar-refractivity contribution in [1.29, 1.82) is 0 Å². The van der Waals surface area contributed by atoms with E-state index in [1.807, 2.05) is 43.3 Å². The van der Waals surface area contributed by atoms with Crippen molar-refractivity contribution in [3.05, 3.63) is 59.7 Å². The fourth-order valence-electron chi connectivity index (χ4n) is 3.27. The van der Waals surface area contributed by atoms with Crippen molar-refractivity contribution in [2.24, 2.45) is 11.0 Å². The lowest BCUT2D eigenvalue weighted by molar-refractivity contribution is -0.124. The maximum absolute atomic E-state index is 12.5. The van der Waals surface area contributed by atoms with E-state index in [9.17, 15) is 4.79 Å². The number of hydrazone groups is 1. The Labute approximate surface area is 159 Å². The Kier molecular flexibility index (Phi) is 5.76. The summed E-state index contributed by atoms with van der Waals surface area (Å²) in [6.45, 7) is 2.49. The van der Waals surface area contributed by atoms with Crippen LogP contribution in [0, 0.1) is 5.92 Å². The van der Waals surface area contributed by atoms with E-state index in [2.05, 4.69) is 10.5 Å². The molecule has 0 heterocycles. The number of ether oxygens (including phenoxy) is 3. The standard InChI is InChI=1S/C21H24N2O4/c1-4-27-21(16-8-6-5-7-9-16)13-17(21)20(24)23-22-14-15-10-11-18(25-2)19(12-15)26-3/h5-12,14,17H,4,13H2,1-3H3,(H,23,24)/t17-,21-/m0/s1. The van der Waals surface area contributed by atoms with Gasteiger partial charge in [0, 0.05) is 6.61 Å². The van der Waals surface area contributed by atoms with Crippen LogP contribution in [0.3, 0.4) is 0 Å². The second-order valence-corrected chi connectivity index (χ2v) is 6.29. The van der Waals surface area contributed by atoms with Gasteiger partial charge >= 0.3 is 0 Å². The highest BCUT2D eigenvalue weighted by atomic mass is 16.5. The van der Waals surface area contributed by atoms with Gasteiger partial charge in [-0.25, -0.2) is 5.43 Å². The molecule has 6 nitrogen and oxygen atoms in total. The number of benzene rings is 2. The molecule has 0 aromatic heterocycles. The number of rotatable bonds is 8. The van der Waals surface area contributed by atoms with E-state index in [1.165, 1.54) is 0 Å². The van der Waals surface area contributed by atoms with Crippen LogP contribution in [-0.2, 0) is 15.1 Å². The van der Waals surface area contributed by atoms with Crippen LogP contribution in [0.2, 0.25) is 0 Å². The molecule has 2 aromatic rings. The fourth-order valence-corrected chi connectivity index (χ4v) is 3.27. The van der Waals surface area contributed by atoms with E-state index >= 15 is 0 Å². The highest BCUT2D eigenvalue weighted by Crippen LogP contribution is 2.55. The molecule has 0 saturated heterocycles. The fraction of sp³-hybridized carbons (Fsp3) is 0.333. The smallest absolute Gasteiger partial charge is 0.246 e. The molecular weight excluding hydrogens is 344 g/mol. The first-order valence-corrected chi connectivity index (χ1v) is 8.89. The van der Waals surface area contributed by atoms with Crippen molar-refractivity contribution in [2.45, 2.75) is 18.9 Å². The van der Waals surface area contributed by atoms with Crippen LogP contribution in [0.25, 0.3) is 0 Å². The van der Waals surface area contributed by atoms with Crippen molar-refractivity contribution in [3.63, 3.8) is 0 Å². The SMILES string of the molecule is CCO[C@]1(c2ccccc2)C[C@H]1C(=O)NN=Cc1ccc(OC)c(OC)c1. The normalized spacial score (nSPS) is 21.1. The zero-order valence-corrected chi connectivity index (χ0v) is 15.8. The number of hydrogen-bond acceptors (Lipinski definition) is 5. The minimum atomic E-state index is -0.543. The topological polar surface area (TPSA) is 69.2 Å². The highest BCUT2D eigenvalue weighted by Gasteiger charge is 2.60. The lowest BCUT2D eigenvalue weighted by atomic mass is 10.1. The largest absolute Gasteiger partial charge is 0.493 e. The molecule has 1 fully saturated rings. The third kappa shape index (κ3) is 3.95. The number of hydrogen-bond donors (Lipinski definition) is 1. The molecule has 2 atom stereocenters. The summed E-state index contributed by atoms with van der Waals surface area (Å²) in [6, 6.07) is 15.3. The van der Waals surface area contributed by atoms with E-state index < -0.39 is 5.60 Å². The molecule has 0 spiro atoms. The second kappa shape index (κ2) is 8.22. The minimum absolute atomic E-state index is 0.149. The molecule has 142 valence electrons. The zero-order chi connectivity index (χ0) is 19.3. The predicted molar refractivity (Wildman–Crippen MR) is 103 cm³/mol. The van der Waals surface area contributed by atoms with Gasteiger partial charge in [0.05, 0.1) is 26.4 Å². The average molecular weight is 368 g/mol. The Hall–Kier alpha value is -2.86. The molecule has 3 rings (SSSR count). The average Bonchev–Trinajstić information content (AvgIpc) is 3.44. The monoisotopic (exact) mass is 368 g/mol. The molecule has 0 radical (unpaired) electrons. The molecule has 1 aliphatic carbocycles. The van der Waals surface area contributed by atoms with Gasteiger partial charge in [-0.15, -0.1) is 0 Å². The van der Waals surface area contributed by atoms with Gasteiger partial charge in [0.1, 0.15) is 5.60 Å². The van der Waals surface area contributed by atoms with Gasteiger partial charge in [-0.1, -0.05) is 30.3 Å². The van der Waals surface area contributed by atoms with Gasteiger partial charge in [0.2, 0.25) is 5.91 Å². The van der Waals surface area contributed by atoms with Crippen LogP contribution in [0.1, 0.15) is 24.5 Å². The van der Waals surface area contributed by atoms with Crippen LogP contribution in [-0.4, -0.2) is 32.9 Å². The summed E-state index contributed by atoms with van der Waals surface area (Å²) < 4.78 is 16.4. The molecule has 2 aromatic carbocycles. The maximum Gasteiger partial charge on any atom is 0.246 e. The lowest BCUT2D eigenvalue weighted by Crippen LogP contribution is -2.26. The van der Waals surface area contributed by atoms with E-state index in [0.717, 1.165) is 11.1 Å². The molecule has 0 aliphatic heterocycles. The van der Waals surface area contributed by atoms with E-state index in [-0.39, 0.29) is 11.8 Å². The van der Waals surface area contributed by atoms with Gasteiger partial charge in [-0.05, 0) is 42.7 Å². The summed E-state index contributed by atoms with van der Waals surface area (Å²) in [5.74, 6) is 0.849. The Morgan fingerprint density at radius 3 is 2.59 bits per heavy atom. The summed E-state index contributed by atoms with van der Waals surface area (Å²) >= 11 is 0. The van der Waals surface area contributed by atoms with Crippen LogP contribution in [0.15, 0.2) is 53.6 Å². The van der Waals surface area contributed by atoms with Crippen molar-refractivity contribution in [1.82, 2.24) is 5.43 Å².